The van der Waals surface area contributed by atoms with Crippen LogP contribution in [0.15, 0.2) is 158 Å². The zero-order valence-corrected chi connectivity index (χ0v) is 22.3. The quantitative estimate of drug-likeness (QED) is 0.122. The van der Waals surface area contributed by atoms with Crippen LogP contribution in [0.5, 0.6) is 0 Å². The van der Waals surface area contributed by atoms with Crippen molar-refractivity contribution >= 4 is 26.6 Å². The highest BCUT2D eigenvalue weighted by Gasteiger charge is 2.58. The fourth-order valence-electron chi connectivity index (χ4n) is 5.46. The number of benzene rings is 5. The second kappa shape index (κ2) is 8.59. The van der Waals surface area contributed by atoms with Gasteiger partial charge in [0.1, 0.15) is 0 Å². The molecule has 3 N–H and O–H groups in total. The largest absolute Gasteiger partial charge is 0.323 e. The average molecular weight is 509 g/mol. The van der Waals surface area contributed by atoms with E-state index in [1.807, 2.05) is 12.1 Å². The Morgan fingerprint density at radius 1 is 0.528 bits per heavy atom. The van der Waals surface area contributed by atoms with E-state index in [0.717, 1.165) is 21.7 Å². The molecule has 182 valence electrons. The Morgan fingerprint density at radius 2 is 0.917 bits per heavy atom. The highest BCUT2D eigenvalue weighted by molar-refractivity contribution is 8.63. The van der Waals surface area contributed by atoms with Crippen LogP contribution >= 0.6 is 20.9 Å². The highest BCUT2D eigenvalue weighted by Crippen LogP contribution is 3.02. The second-order valence-corrected chi connectivity index (χ2v) is 17.7. The number of nitrogens with one attached hydrogen (secondary N) is 1. The molecule has 0 saturated heterocycles. The van der Waals surface area contributed by atoms with Crippen molar-refractivity contribution in [2.45, 2.75) is 24.5 Å². The van der Waals surface area contributed by atoms with Crippen molar-refractivity contribution in [3.05, 3.63) is 133 Å². The topological polar surface area (TPSA) is 38.0 Å². The Morgan fingerprint density at radius 3 is 1.33 bits per heavy atom. The van der Waals surface area contributed by atoms with E-state index < -0.39 is 8.29 Å². The molecule has 4 heteroatoms. The molecule has 5 aromatic carbocycles. The van der Waals surface area contributed by atoms with Crippen molar-refractivity contribution in [3.63, 3.8) is 0 Å². The number of hydrogen-bond acceptors (Lipinski definition) is 3. The number of anilines is 1. The summed E-state index contributed by atoms with van der Waals surface area (Å²) in [5.41, 5.74) is 5.77. The van der Waals surface area contributed by atoms with Gasteiger partial charge in [-0.1, -0.05) is 109 Å². The smallest absolute Gasteiger partial charge is 0.0624 e. The zero-order valence-electron chi connectivity index (χ0n) is 20.6. The zero-order chi connectivity index (χ0) is 25.3. The van der Waals surface area contributed by atoms with E-state index in [2.05, 4.69) is 152 Å². The van der Waals surface area contributed by atoms with Gasteiger partial charge in [-0.15, -0.1) is 12.6 Å². The van der Waals surface area contributed by atoms with Crippen molar-refractivity contribution in [1.82, 2.24) is 0 Å². The third kappa shape index (κ3) is 3.33. The van der Waals surface area contributed by atoms with Crippen molar-refractivity contribution in [2.75, 3.05) is 17.9 Å². The SMILES string of the molecule is CS(C)(c1ccccc1)(c1ccccc1)(c1ccccc1)c1ccc(-c2ccc(S)c(NN)c2)cc1. The van der Waals surface area contributed by atoms with Crippen LogP contribution in [0.3, 0.4) is 0 Å². The summed E-state index contributed by atoms with van der Waals surface area (Å²) in [4.78, 5) is 6.07. The van der Waals surface area contributed by atoms with Gasteiger partial charge in [0.2, 0.25) is 0 Å². The fourth-order valence-corrected chi connectivity index (χ4v) is 11.7. The van der Waals surface area contributed by atoms with Crippen LogP contribution in [0.2, 0.25) is 0 Å². The van der Waals surface area contributed by atoms with Crippen LogP contribution in [0.25, 0.3) is 11.1 Å². The van der Waals surface area contributed by atoms with Gasteiger partial charge in [-0.25, -0.2) is 0 Å². The molecule has 0 aromatic heterocycles. The molecule has 0 radical (unpaired) electrons. The van der Waals surface area contributed by atoms with E-state index in [1.54, 1.807) is 0 Å². The molecule has 0 amide bonds. The summed E-state index contributed by atoms with van der Waals surface area (Å²) < 4.78 is 0. The van der Waals surface area contributed by atoms with Gasteiger partial charge in [-0.3, -0.25) is 5.84 Å². The molecule has 0 saturated carbocycles. The first-order chi connectivity index (χ1) is 17.3. The molecule has 0 atom stereocenters. The monoisotopic (exact) mass is 508 g/mol. The van der Waals surface area contributed by atoms with Gasteiger partial charge in [0, 0.05) is 4.90 Å². The van der Waals surface area contributed by atoms with E-state index in [-0.39, 0.29) is 0 Å². The second-order valence-electron chi connectivity index (χ2n) is 9.99. The molecule has 0 spiro atoms. The van der Waals surface area contributed by atoms with Gasteiger partial charge in [0.05, 0.1) is 5.69 Å². The predicted molar refractivity (Wildman–Crippen MR) is 159 cm³/mol. The molecule has 0 fully saturated rings. The summed E-state index contributed by atoms with van der Waals surface area (Å²) in [6, 6.07) is 48.1. The first-order valence-electron chi connectivity index (χ1n) is 11.9. The summed E-state index contributed by atoms with van der Waals surface area (Å²) >= 11 is 4.50. The van der Waals surface area contributed by atoms with Crippen molar-refractivity contribution in [2.24, 2.45) is 5.84 Å². The van der Waals surface area contributed by atoms with Crippen LogP contribution in [0.1, 0.15) is 0 Å². The maximum atomic E-state index is 5.71. The van der Waals surface area contributed by atoms with Crippen LogP contribution < -0.4 is 11.3 Å². The molecule has 5 aromatic rings. The third-order valence-electron chi connectivity index (χ3n) is 7.87. The van der Waals surface area contributed by atoms with E-state index in [4.69, 9.17) is 5.84 Å². The van der Waals surface area contributed by atoms with Gasteiger partial charge < -0.3 is 5.43 Å². The Labute approximate surface area is 218 Å². The molecular weight excluding hydrogens is 477 g/mol. The first-order valence-corrected chi connectivity index (χ1v) is 15.6. The van der Waals surface area contributed by atoms with E-state index in [1.165, 1.54) is 19.6 Å². The van der Waals surface area contributed by atoms with Crippen molar-refractivity contribution < 1.29 is 0 Å². The van der Waals surface area contributed by atoms with E-state index >= 15 is 0 Å². The lowest BCUT2D eigenvalue weighted by atomic mass is 10.1. The van der Waals surface area contributed by atoms with Crippen molar-refractivity contribution in [1.29, 1.82) is 0 Å². The Balaban J connectivity index is 1.86. The molecular formula is C32H32N2S2. The fraction of sp³-hybridized carbons (Fsp3) is 0.0625. The number of hydrogen-bond donors (Lipinski definition) is 3. The van der Waals surface area contributed by atoms with Gasteiger partial charge >= 0.3 is 0 Å². The van der Waals surface area contributed by atoms with Crippen LogP contribution in [-0.4, -0.2) is 12.5 Å². The number of nitrogen functional groups attached to an aromatic ring is 1. The lowest BCUT2D eigenvalue weighted by Crippen LogP contribution is -2.35. The molecule has 2 nitrogen and oxygen atoms in total. The Bertz CT molecular complexity index is 1410. The standard InChI is InChI=1S/C32H32N2S2/c1-36(2,27-12-6-3-7-13-27,28-14-8-4-9-15-28,29-16-10-5-11-17-29)30-21-18-25(19-22-30)26-20-23-32(35)31(24-26)34-33/h3-24,34-35H,33H2,1-2H3. The van der Waals surface area contributed by atoms with Gasteiger partial charge in [0.25, 0.3) is 0 Å². The Hall–Kier alpha value is -3.44. The van der Waals surface area contributed by atoms with E-state index in [9.17, 15) is 0 Å². The van der Waals surface area contributed by atoms with Crippen molar-refractivity contribution in [3.8, 4) is 11.1 Å². The molecule has 0 aliphatic heterocycles. The lowest BCUT2D eigenvalue weighted by molar-refractivity contribution is 1.15. The minimum atomic E-state index is -3.50. The summed E-state index contributed by atoms with van der Waals surface area (Å²) in [5.74, 6) is 5.71. The van der Waals surface area contributed by atoms with Gasteiger partial charge in [-0.05, 0) is 67.5 Å². The number of rotatable bonds is 6. The number of nitrogens with two attached hydrogens (primary N) is 1. The molecule has 0 bridgehead atoms. The van der Waals surface area contributed by atoms with Crippen LogP contribution in [0.4, 0.5) is 5.69 Å². The third-order valence-corrected chi connectivity index (χ3v) is 15.9. The molecule has 36 heavy (non-hydrogen) atoms. The summed E-state index contributed by atoms with van der Waals surface area (Å²) in [6.07, 6.45) is 4.97. The highest BCUT2D eigenvalue weighted by atomic mass is 32.4. The minimum absolute atomic E-state index is 0.805. The molecule has 5 rings (SSSR count). The lowest BCUT2D eigenvalue weighted by Gasteiger charge is -2.75. The van der Waals surface area contributed by atoms with E-state index in [0.29, 0.717) is 0 Å². The number of thiol groups is 1. The normalized spacial score (nSPS) is 13.4. The van der Waals surface area contributed by atoms with Gasteiger partial charge in [-0.2, -0.15) is 8.29 Å². The Kier molecular flexibility index (Phi) is 5.79. The molecule has 0 heterocycles. The minimum Gasteiger partial charge on any atom is -0.323 e. The molecule has 0 unspecified atom stereocenters. The first kappa shape index (κ1) is 24.3. The maximum absolute atomic E-state index is 5.71. The summed E-state index contributed by atoms with van der Waals surface area (Å²) in [5, 5.41) is 0. The summed E-state index contributed by atoms with van der Waals surface area (Å²) in [6.45, 7) is 0. The molecule has 0 aliphatic rings. The predicted octanol–water partition coefficient (Wildman–Crippen LogP) is 8.60. The van der Waals surface area contributed by atoms with Gasteiger partial charge in [0.15, 0.2) is 0 Å². The summed E-state index contributed by atoms with van der Waals surface area (Å²) in [7, 11) is -3.50. The maximum Gasteiger partial charge on any atom is 0.0624 e. The molecule has 0 aliphatic carbocycles. The van der Waals surface area contributed by atoms with Crippen LogP contribution in [0, 0.1) is 0 Å². The number of hydrazine groups is 1. The average Bonchev–Trinajstić information content (AvgIpc) is 2.95. The van der Waals surface area contributed by atoms with Crippen LogP contribution in [-0.2, 0) is 0 Å².